The lowest BCUT2D eigenvalue weighted by molar-refractivity contribution is 0.103. The second-order valence-electron chi connectivity index (χ2n) is 3.99. The minimum Gasteiger partial charge on any atom is -0.384 e. The molecule has 0 spiro atoms. The number of aliphatic hydroxyl groups excluding tert-OH is 1. The first-order chi connectivity index (χ1) is 9.61. The van der Waals surface area contributed by atoms with E-state index >= 15 is 0 Å². The number of amides is 1. The van der Waals surface area contributed by atoms with Gasteiger partial charge in [-0.15, -0.1) is 11.3 Å². The highest BCUT2D eigenvalue weighted by Crippen LogP contribution is 2.21. The van der Waals surface area contributed by atoms with Crippen LogP contribution in [0, 0.1) is 24.6 Å². The van der Waals surface area contributed by atoms with Crippen molar-refractivity contribution in [3.8, 4) is 11.8 Å². The first-order valence-electron chi connectivity index (χ1n) is 5.88. The normalized spacial score (nSPS) is 9.75. The number of benzene rings is 1. The number of carbonyl (C=O) groups is 1. The van der Waals surface area contributed by atoms with Crippen molar-refractivity contribution in [3.63, 3.8) is 0 Å². The third-order valence-corrected chi connectivity index (χ3v) is 3.64. The molecule has 0 aliphatic heterocycles. The maximum Gasteiger partial charge on any atom is 0.265 e. The van der Waals surface area contributed by atoms with Crippen LogP contribution in [0.1, 0.15) is 20.1 Å². The maximum atomic E-state index is 13.4. The lowest BCUT2D eigenvalue weighted by Gasteiger charge is -2.07. The number of aliphatic hydroxyl groups is 1. The van der Waals surface area contributed by atoms with Gasteiger partial charge in [0.25, 0.3) is 5.91 Å². The number of anilines is 1. The summed E-state index contributed by atoms with van der Waals surface area (Å²) in [7, 11) is 0. The summed E-state index contributed by atoms with van der Waals surface area (Å²) in [6.45, 7) is 1.39. The Balaban J connectivity index is 2.16. The standard InChI is InChI=1S/C15H12FNO2S/c1-10-12(16)5-2-6-13(10)17-15(19)14-8-7-11(20-14)4-3-9-18/h2,5-8,18H,9H2,1H3,(H,17,19). The van der Waals surface area contributed by atoms with Gasteiger partial charge in [-0.05, 0) is 31.2 Å². The lowest BCUT2D eigenvalue weighted by atomic mass is 10.2. The van der Waals surface area contributed by atoms with E-state index in [0.717, 1.165) is 0 Å². The van der Waals surface area contributed by atoms with Crippen LogP contribution >= 0.6 is 11.3 Å². The summed E-state index contributed by atoms with van der Waals surface area (Å²) < 4.78 is 13.4. The van der Waals surface area contributed by atoms with Gasteiger partial charge in [0.05, 0.1) is 9.75 Å². The SMILES string of the molecule is Cc1c(F)cccc1NC(=O)c1ccc(C#CCO)s1. The van der Waals surface area contributed by atoms with Gasteiger partial charge in [-0.1, -0.05) is 17.9 Å². The van der Waals surface area contributed by atoms with E-state index in [4.69, 9.17) is 5.11 Å². The topological polar surface area (TPSA) is 49.3 Å². The predicted molar refractivity (Wildman–Crippen MR) is 77.4 cm³/mol. The van der Waals surface area contributed by atoms with Crippen molar-refractivity contribution in [2.45, 2.75) is 6.92 Å². The molecule has 1 amide bonds. The number of hydrogen-bond donors (Lipinski definition) is 2. The van der Waals surface area contributed by atoms with E-state index in [-0.39, 0.29) is 18.3 Å². The largest absolute Gasteiger partial charge is 0.384 e. The highest BCUT2D eigenvalue weighted by Gasteiger charge is 2.11. The van der Waals surface area contributed by atoms with Crippen LogP contribution in [0.5, 0.6) is 0 Å². The van der Waals surface area contributed by atoms with Crippen molar-refractivity contribution in [3.05, 3.63) is 51.5 Å². The van der Waals surface area contributed by atoms with Gasteiger partial charge >= 0.3 is 0 Å². The summed E-state index contributed by atoms with van der Waals surface area (Å²) in [5.74, 6) is 4.59. The van der Waals surface area contributed by atoms with Gasteiger partial charge in [-0.3, -0.25) is 4.79 Å². The van der Waals surface area contributed by atoms with E-state index in [9.17, 15) is 9.18 Å². The summed E-state index contributed by atoms with van der Waals surface area (Å²) >= 11 is 1.22. The fraction of sp³-hybridized carbons (Fsp3) is 0.133. The number of halogens is 1. The third kappa shape index (κ3) is 3.23. The van der Waals surface area contributed by atoms with Crippen molar-refractivity contribution < 1.29 is 14.3 Å². The number of carbonyl (C=O) groups excluding carboxylic acids is 1. The fourth-order valence-corrected chi connectivity index (χ4v) is 2.36. The van der Waals surface area contributed by atoms with Crippen LogP contribution in [-0.4, -0.2) is 17.6 Å². The van der Waals surface area contributed by atoms with Gasteiger partial charge < -0.3 is 10.4 Å². The van der Waals surface area contributed by atoms with E-state index < -0.39 is 0 Å². The first kappa shape index (κ1) is 14.3. The quantitative estimate of drug-likeness (QED) is 0.835. The predicted octanol–water partition coefficient (Wildman–Crippen LogP) is 2.79. The molecular weight excluding hydrogens is 277 g/mol. The molecule has 0 bridgehead atoms. The van der Waals surface area contributed by atoms with Crippen LogP contribution in [-0.2, 0) is 0 Å². The van der Waals surface area contributed by atoms with Crippen LogP contribution in [0.15, 0.2) is 30.3 Å². The van der Waals surface area contributed by atoms with Gasteiger partial charge in [0.1, 0.15) is 12.4 Å². The van der Waals surface area contributed by atoms with Gasteiger partial charge in [0.15, 0.2) is 0 Å². The molecule has 2 aromatic rings. The average Bonchev–Trinajstić information content (AvgIpc) is 2.90. The highest BCUT2D eigenvalue weighted by atomic mass is 32.1. The Morgan fingerprint density at radius 3 is 2.95 bits per heavy atom. The maximum absolute atomic E-state index is 13.4. The van der Waals surface area contributed by atoms with Crippen LogP contribution < -0.4 is 5.32 Å². The zero-order valence-corrected chi connectivity index (χ0v) is 11.6. The van der Waals surface area contributed by atoms with Crippen molar-refractivity contribution >= 4 is 22.9 Å². The van der Waals surface area contributed by atoms with E-state index in [1.54, 1.807) is 31.2 Å². The molecule has 20 heavy (non-hydrogen) atoms. The van der Waals surface area contributed by atoms with Crippen molar-refractivity contribution in [2.24, 2.45) is 0 Å². The molecule has 0 aliphatic carbocycles. The molecule has 0 unspecified atom stereocenters. The van der Waals surface area contributed by atoms with Gasteiger partial charge in [-0.2, -0.15) is 0 Å². The highest BCUT2D eigenvalue weighted by molar-refractivity contribution is 7.14. The second-order valence-corrected chi connectivity index (χ2v) is 5.07. The van der Waals surface area contributed by atoms with Crippen molar-refractivity contribution in [1.82, 2.24) is 0 Å². The van der Waals surface area contributed by atoms with Gasteiger partial charge in [0.2, 0.25) is 0 Å². The molecule has 2 rings (SSSR count). The third-order valence-electron chi connectivity index (χ3n) is 2.64. The first-order valence-corrected chi connectivity index (χ1v) is 6.69. The molecule has 0 radical (unpaired) electrons. The molecule has 3 nitrogen and oxygen atoms in total. The molecule has 1 aromatic heterocycles. The van der Waals surface area contributed by atoms with Gasteiger partial charge in [-0.25, -0.2) is 4.39 Å². The molecule has 102 valence electrons. The summed E-state index contributed by atoms with van der Waals surface area (Å²) in [5, 5.41) is 11.3. The Kier molecular flexibility index (Phi) is 4.51. The number of hydrogen-bond acceptors (Lipinski definition) is 3. The molecule has 0 saturated carbocycles. The van der Waals surface area contributed by atoms with Crippen molar-refractivity contribution in [2.75, 3.05) is 11.9 Å². The summed E-state index contributed by atoms with van der Waals surface area (Å²) in [4.78, 5) is 13.2. The van der Waals surface area contributed by atoms with Crippen LogP contribution in [0.4, 0.5) is 10.1 Å². The van der Waals surface area contributed by atoms with Crippen molar-refractivity contribution in [1.29, 1.82) is 0 Å². The van der Waals surface area contributed by atoms with Crippen LogP contribution in [0.2, 0.25) is 0 Å². The molecular formula is C15H12FNO2S. The Labute approximate surface area is 120 Å². The van der Waals surface area contributed by atoms with E-state index in [2.05, 4.69) is 17.2 Å². The second kappa shape index (κ2) is 6.33. The Morgan fingerprint density at radius 2 is 2.20 bits per heavy atom. The fourth-order valence-electron chi connectivity index (χ4n) is 1.58. The molecule has 2 N–H and O–H groups in total. The zero-order valence-electron chi connectivity index (χ0n) is 10.7. The summed E-state index contributed by atoms with van der Waals surface area (Å²) in [6, 6.07) is 7.90. The lowest BCUT2D eigenvalue weighted by Crippen LogP contribution is -2.11. The molecule has 1 aromatic carbocycles. The molecule has 0 aliphatic rings. The number of nitrogens with one attached hydrogen (secondary N) is 1. The molecule has 1 heterocycles. The molecule has 0 fully saturated rings. The summed E-state index contributed by atoms with van der Waals surface area (Å²) in [6.07, 6.45) is 0. The minimum absolute atomic E-state index is 0.220. The molecule has 5 heteroatoms. The zero-order chi connectivity index (χ0) is 14.5. The smallest absolute Gasteiger partial charge is 0.265 e. The van der Waals surface area contributed by atoms with E-state index in [1.807, 2.05) is 0 Å². The van der Waals surface area contributed by atoms with Crippen LogP contribution in [0.25, 0.3) is 0 Å². The van der Waals surface area contributed by atoms with E-state index in [1.165, 1.54) is 17.4 Å². The van der Waals surface area contributed by atoms with Gasteiger partial charge in [0, 0.05) is 11.3 Å². The average molecular weight is 289 g/mol. The van der Waals surface area contributed by atoms with Crippen LogP contribution in [0.3, 0.4) is 0 Å². The summed E-state index contributed by atoms with van der Waals surface area (Å²) in [5.41, 5.74) is 0.851. The number of rotatable bonds is 2. The molecule has 0 saturated heterocycles. The Bertz CT molecular complexity index is 697. The Morgan fingerprint density at radius 1 is 1.40 bits per heavy atom. The monoisotopic (exact) mass is 289 g/mol. The minimum atomic E-state index is -0.358. The van der Waals surface area contributed by atoms with E-state index in [0.29, 0.717) is 21.0 Å². The molecule has 0 atom stereocenters. The Hall–Kier alpha value is -2.16. The number of thiophene rings is 1.